The zero-order valence-corrected chi connectivity index (χ0v) is 18.8. The van der Waals surface area contributed by atoms with Gasteiger partial charge in [-0.2, -0.15) is 0 Å². The van der Waals surface area contributed by atoms with Gasteiger partial charge in [0.2, 0.25) is 11.8 Å². The van der Waals surface area contributed by atoms with Crippen LogP contribution in [-0.2, 0) is 9.59 Å². The lowest BCUT2D eigenvalue weighted by atomic mass is 9.48. The second-order valence-electron chi connectivity index (χ2n) is 10.6. The van der Waals surface area contributed by atoms with Crippen molar-refractivity contribution in [2.24, 2.45) is 34.5 Å². The van der Waals surface area contributed by atoms with Crippen molar-refractivity contribution in [2.45, 2.75) is 58.4 Å². The number of fused-ring (bicyclic) bond motifs is 5. The summed E-state index contributed by atoms with van der Waals surface area (Å²) in [6, 6.07) is 7.89. The smallest absolute Gasteiger partial charge is 0.243 e. The van der Waals surface area contributed by atoms with Gasteiger partial charge in [-0.05, 0) is 79.9 Å². The summed E-state index contributed by atoms with van der Waals surface area (Å²) in [5, 5.41) is 6.39. The van der Waals surface area contributed by atoms with Crippen molar-refractivity contribution in [1.29, 1.82) is 0 Å². The van der Waals surface area contributed by atoms with E-state index in [1.165, 1.54) is 0 Å². The third-order valence-corrected chi connectivity index (χ3v) is 9.37. The molecule has 7 atom stereocenters. The predicted molar refractivity (Wildman–Crippen MR) is 121 cm³/mol. The molecule has 2 amide bonds. The van der Waals surface area contributed by atoms with E-state index in [-0.39, 0.29) is 34.6 Å². The fraction of sp³-hybridized carbons (Fsp3) is 0.615. The predicted octanol–water partition coefficient (Wildman–Crippen LogP) is 4.55. The molecule has 4 aliphatic rings. The van der Waals surface area contributed by atoms with Crippen LogP contribution in [0, 0.1) is 34.5 Å². The number of carbonyl (C=O) groups excluding carboxylic acids is 2. The van der Waals surface area contributed by atoms with Crippen molar-refractivity contribution < 1.29 is 14.3 Å². The molecule has 0 bridgehead atoms. The van der Waals surface area contributed by atoms with Crippen molar-refractivity contribution in [3.8, 4) is 5.75 Å². The van der Waals surface area contributed by atoms with Crippen molar-refractivity contribution in [3.63, 3.8) is 0 Å². The Morgan fingerprint density at radius 3 is 2.71 bits per heavy atom. The highest BCUT2D eigenvalue weighted by molar-refractivity contribution is 5.94. The standard InChI is InChI=1S/C26H34N2O3/c1-25-14-12-18-16(8-11-22-26(18,2)15-13-23(29)28-22)17(25)9-10-19(25)24(30)27-20-6-4-5-7-21(20)31-3/h4-7,13,15-19,22H,8-12,14H2,1-3H3,(H,27,30)(H,28,29)/t16-,17-,18-,19+,22+,25-,26+/m0/s1. The summed E-state index contributed by atoms with van der Waals surface area (Å²) < 4.78 is 5.43. The van der Waals surface area contributed by atoms with Gasteiger partial charge >= 0.3 is 0 Å². The molecule has 0 radical (unpaired) electrons. The number of carbonyl (C=O) groups is 2. The number of hydrogen-bond donors (Lipinski definition) is 2. The van der Waals surface area contributed by atoms with Gasteiger partial charge in [-0.15, -0.1) is 0 Å². The van der Waals surface area contributed by atoms with E-state index in [0.717, 1.165) is 44.2 Å². The van der Waals surface area contributed by atoms with Crippen LogP contribution in [-0.4, -0.2) is 25.0 Å². The third-order valence-electron chi connectivity index (χ3n) is 9.37. The number of hydrogen-bond acceptors (Lipinski definition) is 3. The van der Waals surface area contributed by atoms with Crippen molar-refractivity contribution in [3.05, 3.63) is 36.4 Å². The molecule has 1 aromatic rings. The van der Waals surface area contributed by atoms with Gasteiger partial charge in [0.25, 0.3) is 0 Å². The maximum Gasteiger partial charge on any atom is 0.243 e. The Kier molecular flexibility index (Phi) is 4.91. The lowest BCUT2D eigenvalue weighted by molar-refractivity contribution is -0.129. The molecule has 5 nitrogen and oxygen atoms in total. The Balaban J connectivity index is 1.37. The van der Waals surface area contributed by atoms with Crippen LogP contribution in [0.1, 0.15) is 52.4 Å². The Morgan fingerprint density at radius 2 is 1.90 bits per heavy atom. The number of ether oxygens (including phenoxy) is 1. The molecule has 1 aliphatic heterocycles. The SMILES string of the molecule is COc1ccccc1NC(=O)[C@H]1CC[C@H]2[C@@H]3CC[C@H]4NC(=O)C=C[C@]4(C)[C@H]3CC[C@]12C. The van der Waals surface area contributed by atoms with E-state index in [0.29, 0.717) is 23.5 Å². The van der Waals surface area contributed by atoms with Gasteiger partial charge in [0.05, 0.1) is 12.8 Å². The van der Waals surface area contributed by atoms with Crippen molar-refractivity contribution >= 4 is 17.5 Å². The zero-order valence-electron chi connectivity index (χ0n) is 18.8. The van der Waals surface area contributed by atoms with Crippen LogP contribution in [0.15, 0.2) is 36.4 Å². The molecule has 0 saturated heterocycles. The van der Waals surface area contributed by atoms with Gasteiger partial charge < -0.3 is 15.4 Å². The number of rotatable bonds is 3. The quantitative estimate of drug-likeness (QED) is 0.751. The second-order valence-corrected chi connectivity index (χ2v) is 10.6. The number of para-hydroxylation sites is 2. The molecule has 3 aliphatic carbocycles. The van der Waals surface area contributed by atoms with Crippen LogP contribution in [0.3, 0.4) is 0 Å². The fourth-order valence-electron chi connectivity index (χ4n) is 7.73. The monoisotopic (exact) mass is 422 g/mol. The highest BCUT2D eigenvalue weighted by Gasteiger charge is 2.60. The second kappa shape index (κ2) is 7.39. The van der Waals surface area contributed by atoms with Crippen LogP contribution in [0.25, 0.3) is 0 Å². The molecule has 3 fully saturated rings. The average Bonchev–Trinajstić information content (AvgIpc) is 3.12. The first-order valence-corrected chi connectivity index (χ1v) is 11.8. The molecule has 0 aromatic heterocycles. The van der Waals surface area contributed by atoms with Crippen LogP contribution in [0.2, 0.25) is 0 Å². The largest absolute Gasteiger partial charge is 0.495 e. The highest BCUT2D eigenvalue weighted by atomic mass is 16.5. The van der Waals surface area contributed by atoms with E-state index in [1.54, 1.807) is 13.2 Å². The first-order valence-electron chi connectivity index (χ1n) is 11.8. The maximum atomic E-state index is 13.4. The summed E-state index contributed by atoms with van der Waals surface area (Å²) in [7, 11) is 1.64. The molecule has 0 spiro atoms. The minimum absolute atomic E-state index is 0.0375. The minimum atomic E-state index is 0.0375. The first kappa shape index (κ1) is 20.6. The molecular weight excluding hydrogens is 388 g/mol. The summed E-state index contributed by atoms with van der Waals surface area (Å²) in [5.41, 5.74) is 0.834. The van der Waals surface area contributed by atoms with Crippen LogP contribution >= 0.6 is 0 Å². The number of nitrogens with one attached hydrogen (secondary N) is 2. The Hall–Kier alpha value is -2.30. The van der Waals surface area contributed by atoms with E-state index >= 15 is 0 Å². The van der Waals surface area contributed by atoms with Crippen molar-refractivity contribution in [1.82, 2.24) is 5.32 Å². The van der Waals surface area contributed by atoms with Gasteiger partial charge in [0.1, 0.15) is 5.75 Å². The minimum Gasteiger partial charge on any atom is -0.495 e. The topological polar surface area (TPSA) is 67.4 Å². The third kappa shape index (κ3) is 3.11. The van der Waals surface area contributed by atoms with Gasteiger partial charge in [0, 0.05) is 17.4 Å². The molecule has 5 rings (SSSR count). The van der Waals surface area contributed by atoms with Gasteiger partial charge in [-0.25, -0.2) is 0 Å². The molecule has 5 heteroatoms. The van der Waals surface area contributed by atoms with Gasteiger partial charge in [-0.1, -0.05) is 32.1 Å². The molecule has 0 unspecified atom stereocenters. The number of anilines is 1. The van der Waals surface area contributed by atoms with Crippen LogP contribution < -0.4 is 15.4 Å². The maximum absolute atomic E-state index is 13.4. The lowest BCUT2D eigenvalue weighted by Gasteiger charge is -2.58. The number of benzene rings is 1. The number of amides is 2. The van der Waals surface area contributed by atoms with Crippen LogP contribution in [0.5, 0.6) is 5.75 Å². The molecule has 1 heterocycles. The molecule has 3 saturated carbocycles. The van der Waals surface area contributed by atoms with E-state index in [9.17, 15) is 9.59 Å². The molecule has 2 N–H and O–H groups in total. The summed E-state index contributed by atoms with van der Waals surface area (Å²) >= 11 is 0. The lowest BCUT2D eigenvalue weighted by Crippen LogP contribution is -2.59. The zero-order chi connectivity index (χ0) is 21.8. The van der Waals surface area contributed by atoms with E-state index in [4.69, 9.17) is 4.74 Å². The average molecular weight is 423 g/mol. The molecule has 166 valence electrons. The van der Waals surface area contributed by atoms with Crippen molar-refractivity contribution in [2.75, 3.05) is 12.4 Å². The van der Waals surface area contributed by atoms with Gasteiger partial charge in [0.15, 0.2) is 0 Å². The summed E-state index contributed by atoms with van der Waals surface area (Å²) in [6.45, 7) is 4.70. The van der Waals surface area contributed by atoms with E-state index < -0.39 is 0 Å². The summed E-state index contributed by atoms with van der Waals surface area (Å²) in [4.78, 5) is 25.3. The number of methoxy groups -OCH3 is 1. The first-order chi connectivity index (χ1) is 14.9. The van der Waals surface area contributed by atoms with E-state index in [1.807, 2.05) is 24.3 Å². The highest BCUT2D eigenvalue weighted by Crippen LogP contribution is 2.65. The summed E-state index contributed by atoms with van der Waals surface area (Å²) in [6.07, 6.45) is 10.4. The summed E-state index contributed by atoms with van der Waals surface area (Å²) in [5.74, 6) is 2.71. The van der Waals surface area contributed by atoms with Gasteiger partial charge in [-0.3, -0.25) is 9.59 Å². The Labute approximate surface area is 185 Å². The molecule has 1 aromatic carbocycles. The van der Waals surface area contributed by atoms with E-state index in [2.05, 4.69) is 30.6 Å². The normalized spacial score (nSPS) is 40.9. The Morgan fingerprint density at radius 1 is 1.10 bits per heavy atom. The molecule has 31 heavy (non-hydrogen) atoms. The fourth-order valence-corrected chi connectivity index (χ4v) is 7.73. The Bertz CT molecular complexity index is 927. The van der Waals surface area contributed by atoms with Crippen LogP contribution in [0.4, 0.5) is 5.69 Å². The molecular formula is C26H34N2O3.